The van der Waals surface area contributed by atoms with Crippen LogP contribution in [-0.4, -0.2) is 5.11 Å². The lowest BCUT2D eigenvalue weighted by molar-refractivity contribution is 0.180. The van der Waals surface area contributed by atoms with Gasteiger partial charge in [0.15, 0.2) is 0 Å². The van der Waals surface area contributed by atoms with E-state index in [1.54, 1.807) is 12.1 Å². The molecule has 12 heavy (non-hydrogen) atoms. The van der Waals surface area contributed by atoms with E-state index in [9.17, 15) is 5.11 Å². The second-order valence-corrected chi connectivity index (χ2v) is 3.79. The summed E-state index contributed by atoms with van der Waals surface area (Å²) in [7, 11) is 0. The van der Waals surface area contributed by atoms with Crippen molar-refractivity contribution in [3.05, 3.63) is 33.3 Å². The second kappa shape index (κ2) is 2.91. The van der Waals surface area contributed by atoms with Crippen molar-refractivity contribution in [3.63, 3.8) is 0 Å². The smallest absolute Gasteiger partial charge is 0.0810 e. The third-order valence-corrected chi connectivity index (χ3v) is 2.93. The third kappa shape index (κ3) is 1.13. The Bertz CT molecular complexity index is 323. The van der Waals surface area contributed by atoms with Crippen molar-refractivity contribution in [1.82, 2.24) is 0 Å². The van der Waals surface area contributed by atoms with Gasteiger partial charge in [-0.25, -0.2) is 0 Å². The summed E-state index contributed by atoms with van der Waals surface area (Å²) in [5.74, 6) is 0. The van der Waals surface area contributed by atoms with Gasteiger partial charge in [-0.3, -0.25) is 0 Å². The van der Waals surface area contributed by atoms with Crippen LogP contribution >= 0.6 is 23.2 Å². The molecule has 1 aromatic rings. The fourth-order valence-corrected chi connectivity index (χ4v) is 2.21. The van der Waals surface area contributed by atoms with E-state index in [4.69, 9.17) is 23.2 Å². The lowest BCUT2D eigenvalue weighted by Gasteiger charge is -2.06. The molecule has 1 atom stereocenters. The molecule has 1 aromatic carbocycles. The summed E-state index contributed by atoms with van der Waals surface area (Å²) in [6, 6.07) is 3.51. The minimum absolute atomic E-state index is 0.425. The molecule has 0 aromatic heterocycles. The van der Waals surface area contributed by atoms with Gasteiger partial charge in [-0.2, -0.15) is 0 Å². The first kappa shape index (κ1) is 8.36. The number of hydrogen-bond donors (Lipinski definition) is 1. The zero-order valence-electron chi connectivity index (χ0n) is 6.35. The van der Waals surface area contributed by atoms with Crippen LogP contribution in [0.5, 0.6) is 0 Å². The van der Waals surface area contributed by atoms with Crippen molar-refractivity contribution >= 4 is 23.2 Å². The summed E-state index contributed by atoms with van der Waals surface area (Å²) >= 11 is 11.9. The molecule has 0 spiro atoms. The van der Waals surface area contributed by atoms with Crippen LogP contribution in [0.2, 0.25) is 10.0 Å². The normalized spacial score (nSPS) is 21.1. The molecule has 2 rings (SSSR count). The second-order valence-electron chi connectivity index (χ2n) is 2.98. The minimum Gasteiger partial charge on any atom is -0.388 e. The van der Waals surface area contributed by atoms with Gasteiger partial charge in [0.1, 0.15) is 0 Å². The molecule has 1 aliphatic carbocycles. The lowest BCUT2D eigenvalue weighted by Crippen LogP contribution is -1.91. The number of rotatable bonds is 0. The van der Waals surface area contributed by atoms with Gasteiger partial charge < -0.3 is 5.11 Å². The SMILES string of the molecule is OC1CCc2c(Cl)ccc(Cl)c21. The van der Waals surface area contributed by atoms with E-state index in [0.29, 0.717) is 10.0 Å². The average molecular weight is 203 g/mol. The highest BCUT2D eigenvalue weighted by molar-refractivity contribution is 6.34. The number of fused-ring (bicyclic) bond motifs is 1. The first-order valence-electron chi connectivity index (χ1n) is 3.85. The highest BCUT2D eigenvalue weighted by Gasteiger charge is 2.24. The Morgan fingerprint density at radius 2 is 1.92 bits per heavy atom. The Morgan fingerprint density at radius 1 is 1.25 bits per heavy atom. The molecule has 0 bridgehead atoms. The number of hydrogen-bond acceptors (Lipinski definition) is 1. The molecule has 1 unspecified atom stereocenters. The van der Waals surface area contributed by atoms with E-state index in [1.165, 1.54) is 0 Å². The van der Waals surface area contributed by atoms with Crippen LogP contribution in [0.15, 0.2) is 12.1 Å². The molecule has 1 aliphatic rings. The molecular weight excluding hydrogens is 195 g/mol. The summed E-state index contributed by atoms with van der Waals surface area (Å²) < 4.78 is 0. The maximum absolute atomic E-state index is 9.54. The van der Waals surface area contributed by atoms with Gasteiger partial charge in [-0.15, -0.1) is 0 Å². The summed E-state index contributed by atoms with van der Waals surface area (Å²) in [5.41, 5.74) is 1.83. The molecule has 1 N–H and O–H groups in total. The number of benzene rings is 1. The van der Waals surface area contributed by atoms with Gasteiger partial charge in [0.25, 0.3) is 0 Å². The van der Waals surface area contributed by atoms with E-state index < -0.39 is 6.10 Å². The third-order valence-electron chi connectivity index (χ3n) is 2.25. The standard InChI is InChI=1S/C9H8Cl2O/c10-6-2-3-7(11)9-5(6)1-4-8(9)12/h2-3,8,12H,1,4H2. The minimum atomic E-state index is -0.425. The first-order valence-corrected chi connectivity index (χ1v) is 4.60. The van der Waals surface area contributed by atoms with Crippen LogP contribution in [-0.2, 0) is 6.42 Å². The monoisotopic (exact) mass is 202 g/mol. The molecule has 3 heteroatoms. The van der Waals surface area contributed by atoms with Crippen molar-refractivity contribution in [2.45, 2.75) is 18.9 Å². The predicted octanol–water partition coefficient (Wildman–Crippen LogP) is 2.97. The molecule has 1 nitrogen and oxygen atoms in total. The zero-order chi connectivity index (χ0) is 8.72. The van der Waals surface area contributed by atoms with E-state index in [1.807, 2.05) is 0 Å². The molecule has 64 valence electrons. The highest BCUT2D eigenvalue weighted by Crippen LogP contribution is 2.39. The number of aliphatic hydroxyl groups excluding tert-OH is 1. The van der Waals surface area contributed by atoms with E-state index >= 15 is 0 Å². The number of aliphatic hydroxyl groups is 1. The van der Waals surface area contributed by atoms with Crippen LogP contribution < -0.4 is 0 Å². The van der Waals surface area contributed by atoms with Crippen molar-refractivity contribution < 1.29 is 5.11 Å². The number of halogens is 2. The molecule has 0 fully saturated rings. The zero-order valence-corrected chi connectivity index (χ0v) is 7.86. The van der Waals surface area contributed by atoms with Crippen LogP contribution in [0.4, 0.5) is 0 Å². The molecule has 0 saturated carbocycles. The molecular formula is C9H8Cl2O. The molecule has 0 amide bonds. The van der Waals surface area contributed by atoms with Gasteiger partial charge in [-0.1, -0.05) is 23.2 Å². The van der Waals surface area contributed by atoms with Gasteiger partial charge in [0, 0.05) is 15.6 Å². The summed E-state index contributed by atoms with van der Waals surface area (Å²) in [4.78, 5) is 0. The maximum Gasteiger partial charge on any atom is 0.0810 e. The van der Waals surface area contributed by atoms with Crippen molar-refractivity contribution in [2.24, 2.45) is 0 Å². The van der Waals surface area contributed by atoms with E-state index in [2.05, 4.69) is 0 Å². The van der Waals surface area contributed by atoms with Crippen LogP contribution in [0, 0.1) is 0 Å². The van der Waals surface area contributed by atoms with Crippen molar-refractivity contribution in [2.75, 3.05) is 0 Å². The maximum atomic E-state index is 9.54. The average Bonchev–Trinajstić information content (AvgIpc) is 2.42. The molecule has 0 aliphatic heterocycles. The quantitative estimate of drug-likeness (QED) is 0.687. The Labute approximate surface area is 80.9 Å². The van der Waals surface area contributed by atoms with Crippen LogP contribution in [0.1, 0.15) is 23.7 Å². The van der Waals surface area contributed by atoms with Gasteiger partial charge in [0.2, 0.25) is 0 Å². The molecule has 0 heterocycles. The first-order chi connectivity index (χ1) is 5.70. The Balaban J connectivity index is 2.64. The molecule has 0 saturated heterocycles. The largest absolute Gasteiger partial charge is 0.388 e. The fraction of sp³-hybridized carbons (Fsp3) is 0.333. The van der Waals surface area contributed by atoms with Crippen molar-refractivity contribution in [1.29, 1.82) is 0 Å². The Morgan fingerprint density at radius 3 is 2.58 bits per heavy atom. The summed E-state index contributed by atoms with van der Waals surface area (Å²) in [6.07, 6.45) is 1.14. The Hall–Kier alpha value is -0.240. The molecule has 0 radical (unpaired) electrons. The van der Waals surface area contributed by atoms with Gasteiger partial charge >= 0.3 is 0 Å². The van der Waals surface area contributed by atoms with E-state index in [0.717, 1.165) is 24.0 Å². The Kier molecular flexibility index (Phi) is 2.03. The van der Waals surface area contributed by atoms with Gasteiger partial charge in [0.05, 0.1) is 6.10 Å². The summed E-state index contributed by atoms with van der Waals surface area (Å²) in [6.45, 7) is 0. The van der Waals surface area contributed by atoms with Crippen molar-refractivity contribution in [3.8, 4) is 0 Å². The van der Waals surface area contributed by atoms with E-state index in [-0.39, 0.29) is 0 Å². The lowest BCUT2D eigenvalue weighted by atomic mass is 10.1. The predicted molar refractivity (Wildman–Crippen MR) is 49.7 cm³/mol. The van der Waals surface area contributed by atoms with Crippen LogP contribution in [0.25, 0.3) is 0 Å². The van der Waals surface area contributed by atoms with Gasteiger partial charge in [-0.05, 0) is 30.5 Å². The highest BCUT2D eigenvalue weighted by atomic mass is 35.5. The van der Waals surface area contributed by atoms with Crippen LogP contribution in [0.3, 0.4) is 0 Å². The fourth-order valence-electron chi connectivity index (χ4n) is 1.65. The summed E-state index contributed by atoms with van der Waals surface area (Å²) in [5, 5.41) is 10.9. The topological polar surface area (TPSA) is 20.2 Å².